The summed E-state index contributed by atoms with van der Waals surface area (Å²) < 4.78 is 13.4. The van der Waals surface area contributed by atoms with Gasteiger partial charge in [-0.3, -0.25) is 0 Å². The molecule has 0 saturated heterocycles. The van der Waals surface area contributed by atoms with Gasteiger partial charge in [0.25, 0.3) is 0 Å². The summed E-state index contributed by atoms with van der Waals surface area (Å²) in [6, 6.07) is 2.39. The van der Waals surface area contributed by atoms with Gasteiger partial charge in [0.05, 0.1) is 12.6 Å². The molecule has 72 valence electrons. The molecule has 0 saturated carbocycles. The van der Waals surface area contributed by atoms with Crippen LogP contribution in [0.15, 0.2) is 12.1 Å². The fourth-order valence-corrected chi connectivity index (χ4v) is 1.40. The zero-order valence-electron chi connectivity index (χ0n) is 7.22. The Morgan fingerprint density at radius 2 is 2.23 bits per heavy atom. The second-order valence-electron chi connectivity index (χ2n) is 2.88. The molecule has 0 aliphatic carbocycles. The van der Waals surface area contributed by atoms with Crippen LogP contribution in [0.5, 0.6) is 0 Å². The molecule has 1 atom stereocenters. The number of rotatable bonds is 2. The lowest BCUT2D eigenvalue weighted by atomic mass is 10.0. The van der Waals surface area contributed by atoms with E-state index < -0.39 is 11.9 Å². The lowest BCUT2D eigenvalue weighted by Crippen LogP contribution is -2.17. The molecular weight excluding hydrogens is 193 g/mol. The van der Waals surface area contributed by atoms with Crippen molar-refractivity contribution in [3.63, 3.8) is 0 Å². The molecule has 1 aromatic rings. The Labute approximate surface area is 81.1 Å². The SMILES string of the molecule is Cc1ccc(Cl)c([C@H](N)CO)c1F. The molecule has 0 aliphatic rings. The van der Waals surface area contributed by atoms with E-state index in [-0.39, 0.29) is 17.2 Å². The van der Waals surface area contributed by atoms with E-state index in [1.54, 1.807) is 19.1 Å². The van der Waals surface area contributed by atoms with Crippen molar-refractivity contribution in [2.45, 2.75) is 13.0 Å². The predicted molar refractivity (Wildman–Crippen MR) is 50.2 cm³/mol. The van der Waals surface area contributed by atoms with Crippen molar-refractivity contribution in [2.75, 3.05) is 6.61 Å². The number of hydrogen-bond acceptors (Lipinski definition) is 2. The zero-order chi connectivity index (χ0) is 10.0. The third-order valence-corrected chi connectivity index (χ3v) is 2.22. The molecule has 0 heterocycles. The lowest BCUT2D eigenvalue weighted by Gasteiger charge is -2.12. The van der Waals surface area contributed by atoms with Gasteiger partial charge in [-0.1, -0.05) is 17.7 Å². The maximum atomic E-state index is 13.4. The van der Waals surface area contributed by atoms with Gasteiger partial charge in [0.2, 0.25) is 0 Å². The first-order valence-electron chi connectivity index (χ1n) is 3.89. The standard InChI is InChI=1S/C9H11ClFNO/c1-5-2-3-6(10)8(9(5)11)7(12)4-13/h2-3,7,13H,4,12H2,1H3/t7-/m1/s1. The Balaban J connectivity index is 3.25. The van der Waals surface area contributed by atoms with Gasteiger partial charge in [0, 0.05) is 10.6 Å². The van der Waals surface area contributed by atoms with Crippen molar-refractivity contribution >= 4 is 11.6 Å². The molecule has 0 bridgehead atoms. The largest absolute Gasteiger partial charge is 0.394 e. The molecule has 0 fully saturated rings. The van der Waals surface area contributed by atoms with Crippen LogP contribution in [0.4, 0.5) is 4.39 Å². The fraction of sp³-hybridized carbons (Fsp3) is 0.333. The maximum Gasteiger partial charge on any atom is 0.132 e. The number of aliphatic hydroxyl groups excluding tert-OH is 1. The van der Waals surface area contributed by atoms with Gasteiger partial charge >= 0.3 is 0 Å². The van der Waals surface area contributed by atoms with E-state index >= 15 is 0 Å². The van der Waals surface area contributed by atoms with Crippen LogP contribution < -0.4 is 5.73 Å². The van der Waals surface area contributed by atoms with Gasteiger partial charge in [-0.25, -0.2) is 4.39 Å². The molecular formula is C9H11ClFNO. The number of halogens is 2. The Bertz CT molecular complexity index is 317. The van der Waals surface area contributed by atoms with Crippen molar-refractivity contribution in [3.8, 4) is 0 Å². The Hall–Kier alpha value is -0.640. The molecule has 0 amide bonds. The van der Waals surface area contributed by atoms with Crippen LogP contribution in [0, 0.1) is 12.7 Å². The summed E-state index contributed by atoms with van der Waals surface area (Å²) in [4.78, 5) is 0. The normalized spacial score (nSPS) is 13.0. The molecule has 0 spiro atoms. The summed E-state index contributed by atoms with van der Waals surface area (Å²) in [5.74, 6) is -0.436. The van der Waals surface area contributed by atoms with E-state index in [2.05, 4.69) is 0 Å². The number of hydrogen-bond donors (Lipinski definition) is 2. The van der Waals surface area contributed by atoms with E-state index in [1.165, 1.54) is 0 Å². The molecule has 2 nitrogen and oxygen atoms in total. The number of aryl methyl sites for hydroxylation is 1. The van der Waals surface area contributed by atoms with Crippen molar-refractivity contribution in [2.24, 2.45) is 5.73 Å². The molecule has 1 aromatic carbocycles. The summed E-state index contributed by atoms with van der Waals surface area (Å²) >= 11 is 5.74. The molecule has 1 rings (SSSR count). The van der Waals surface area contributed by atoms with Crippen LogP contribution in [0.25, 0.3) is 0 Å². The highest BCUT2D eigenvalue weighted by Crippen LogP contribution is 2.26. The predicted octanol–water partition coefficient (Wildman–Crippen LogP) is 1.78. The molecule has 3 N–H and O–H groups in total. The topological polar surface area (TPSA) is 46.2 Å². The van der Waals surface area contributed by atoms with Gasteiger partial charge in [-0.05, 0) is 18.6 Å². The number of aliphatic hydroxyl groups is 1. The highest BCUT2D eigenvalue weighted by atomic mass is 35.5. The number of nitrogens with two attached hydrogens (primary N) is 1. The van der Waals surface area contributed by atoms with E-state index in [4.69, 9.17) is 22.4 Å². The minimum atomic E-state index is -0.757. The monoisotopic (exact) mass is 203 g/mol. The lowest BCUT2D eigenvalue weighted by molar-refractivity contribution is 0.265. The minimum absolute atomic E-state index is 0.184. The second kappa shape index (κ2) is 4.05. The van der Waals surface area contributed by atoms with Crippen molar-refractivity contribution in [1.82, 2.24) is 0 Å². The van der Waals surface area contributed by atoms with Gasteiger partial charge in [0.1, 0.15) is 5.82 Å². The minimum Gasteiger partial charge on any atom is -0.394 e. The molecule has 0 unspecified atom stereocenters. The van der Waals surface area contributed by atoms with Crippen molar-refractivity contribution in [1.29, 1.82) is 0 Å². The molecule has 0 aliphatic heterocycles. The van der Waals surface area contributed by atoms with E-state index in [0.717, 1.165) is 0 Å². The smallest absolute Gasteiger partial charge is 0.132 e. The Morgan fingerprint density at radius 3 is 2.77 bits per heavy atom. The van der Waals surface area contributed by atoms with Crippen LogP contribution in [0.3, 0.4) is 0 Å². The summed E-state index contributed by atoms with van der Waals surface area (Å²) in [6.45, 7) is 1.30. The first-order valence-corrected chi connectivity index (χ1v) is 4.26. The van der Waals surface area contributed by atoms with Crippen LogP contribution in [0.2, 0.25) is 5.02 Å². The third-order valence-electron chi connectivity index (χ3n) is 1.89. The van der Waals surface area contributed by atoms with Gasteiger partial charge in [-0.2, -0.15) is 0 Å². The van der Waals surface area contributed by atoms with E-state index in [9.17, 15) is 4.39 Å². The van der Waals surface area contributed by atoms with Crippen LogP contribution in [-0.2, 0) is 0 Å². The zero-order valence-corrected chi connectivity index (χ0v) is 7.98. The highest BCUT2D eigenvalue weighted by molar-refractivity contribution is 6.31. The first-order chi connectivity index (χ1) is 6.07. The first kappa shape index (κ1) is 10.4. The number of benzene rings is 1. The van der Waals surface area contributed by atoms with Gasteiger partial charge in [-0.15, -0.1) is 0 Å². The summed E-state index contributed by atoms with van der Waals surface area (Å²) in [5.41, 5.74) is 6.15. The average Bonchev–Trinajstić information content (AvgIpc) is 2.12. The fourth-order valence-electron chi connectivity index (χ4n) is 1.11. The van der Waals surface area contributed by atoms with Crippen molar-refractivity contribution < 1.29 is 9.50 Å². The van der Waals surface area contributed by atoms with E-state index in [0.29, 0.717) is 5.56 Å². The third kappa shape index (κ3) is 1.99. The maximum absolute atomic E-state index is 13.4. The van der Waals surface area contributed by atoms with E-state index in [1.807, 2.05) is 0 Å². The Kier molecular flexibility index (Phi) is 3.25. The van der Waals surface area contributed by atoms with Crippen LogP contribution in [0.1, 0.15) is 17.2 Å². The van der Waals surface area contributed by atoms with Crippen LogP contribution in [-0.4, -0.2) is 11.7 Å². The van der Waals surface area contributed by atoms with Gasteiger partial charge < -0.3 is 10.8 Å². The average molecular weight is 204 g/mol. The summed E-state index contributed by atoms with van der Waals surface area (Å²) in [5, 5.41) is 9.03. The van der Waals surface area contributed by atoms with Crippen molar-refractivity contribution in [3.05, 3.63) is 34.1 Å². The summed E-state index contributed by atoms with van der Waals surface area (Å²) in [6.07, 6.45) is 0. The summed E-state index contributed by atoms with van der Waals surface area (Å²) in [7, 11) is 0. The molecule has 0 radical (unpaired) electrons. The molecule has 0 aromatic heterocycles. The highest BCUT2D eigenvalue weighted by Gasteiger charge is 2.15. The Morgan fingerprint density at radius 1 is 1.62 bits per heavy atom. The molecule has 13 heavy (non-hydrogen) atoms. The molecule has 4 heteroatoms. The van der Waals surface area contributed by atoms with Gasteiger partial charge in [0.15, 0.2) is 0 Å². The van der Waals surface area contributed by atoms with Crippen LogP contribution >= 0.6 is 11.6 Å². The second-order valence-corrected chi connectivity index (χ2v) is 3.29. The quantitative estimate of drug-likeness (QED) is 0.770.